The Morgan fingerprint density at radius 2 is 2.06 bits per heavy atom. The first-order valence-corrected chi connectivity index (χ1v) is 10.4. The molecule has 2 aromatic heterocycles. The first-order valence-electron chi connectivity index (χ1n) is 10.4. The molecular weight excluding hydrogens is 410 g/mol. The maximum Gasteiger partial charge on any atom is 0.257 e. The fraction of sp³-hybridized carbons (Fsp3) is 0.292. The van der Waals surface area contributed by atoms with E-state index in [4.69, 9.17) is 18.4 Å². The van der Waals surface area contributed by atoms with Crippen LogP contribution in [0.5, 0.6) is 5.75 Å². The number of nitrogens with zero attached hydrogens (tertiary/aromatic N) is 3. The Morgan fingerprint density at radius 3 is 2.88 bits per heavy atom. The van der Waals surface area contributed by atoms with Crippen molar-refractivity contribution in [1.82, 2.24) is 15.0 Å². The molecule has 164 valence electrons. The van der Waals surface area contributed by atoms with E-state index in [-0.39, 0.29) is 12.3 Å². The summed E-state index contributed by atoms with van der Waals surface area (Å²) in [5, 5.41) is 5.03. The van der Waals surface area contributed by atoms with Gasteiger partial charge in [-0.15, -0.1) is 0 Å². The van der Waals surface area contributed by atoms with Crippen LogP contribution in [0.2, 0.25) is 0 Å². The Kier molecular flexibility index (Phi) is 5.36. The van der Waals surface area contributed by atoms with Gasteiger partial charge in [-0.2, -0.15) is 4.98 Å². The summed E-state index contributed by atoms with van der Waals surface area (Å²) in [5.41, 5.74) is 3.61. The summed E-state index contributed by atoms with van der Waals surface area (Å²) < 4.78 is 22.1. The number of furan rings is 1. The highest BCUT2D eigenvalue weighted by Gasteiger charge is 2.30. The van der Waals surface area contributed by atoms with E-state index in [1.807, 2.05) is 49.4 Å². The second-order valence-electron chi connectivity index (χ2n) is 7.82. The Hall–Kier alpha value is -3.65. The third-order valence-corrected chi connectivity index (χ3v) is 5.64. The molecule has 1 saturated heterocycles. The lowest BCUT2D eigenvalue weighted by Crippen LogP contribution is -2.43. The number of methoxy groups -OCH3 is 1. The first-order chi connectivity index (χ1) is 15.6. The molecule has 8 heteroatoms. The van der Waals surface area contributed by atoms with Crippen LogP contribution in [-0.2, 0) is 16.0 Å². The van der Waals surface area contributed by atoms with Gasteiger partial charge in [0.2, 0.25) is 11.7 Å². The standard InChI is InChI=1S/C24H23N3O5/c1-15-3-8-19-17(14-31-20(19)11-15)12-22(28)27-9-10-30-21(13-27)24-25-23(26-32-24)16-4-6-18(29-2)7-5-16/h3-8,11,14,21H,9-10,12-13H2,1-2H3/t21-/m1/s1. The monoisotopic (exact) mass is 433 g/mol. The lowest BCUT2D eigenvalue weighted by atomic mass is 10.1. The summed E-state index contributed by atoms with van der Waals surface area (Å²) in [4.78, 5) is 19.2. The molecule has 3 heterocycles. The van der Waals surface area contributed by atoms with Gasteiger partial charge in [-0.25, -0.2) is 0 Å². The zero-order valence-electron chi connectivity index (χ0n) is 17.9. The van der Waals surface area contributed by atoms with Crippen LogP contribution in [0, 0.1) is 6.92 Å². The molecule has 0 N–H and O–H groups in total. The summed E-state index contributed by atoms with van der Waals surface area (Å²) in [6.45, 7) is 3.29. The fourth-order valence-electron chi connectivity index (χ4n) is 3.85. The van der Waals surface area contributed by atoms with E-state index in [2.05, 4.69) is 10.1 Å². The zero-order valence-corrected chi connectivity index (χ0v) is 17.9. The highest BCUT2D eigenvalue weighted by atomic mass is 16.5. The third kappa shape index (κ3) is 3.97. The van der Waals surface area contributed by atoms with E-state index >= 15 is 0 Å². The largest absolute Gasteiger partial charge is 0.497 e. The lowest BCUT2D eigenvalue weighted by Gasteiger charge is -2.31. The minimum absolute atomic E-state index is 0.0106. The van der Waals surface area contributed by atoms with Crippen molar-refractivity contribution >= 4 is 16.9 Å². The number of morpholine rings is 1. The number of benzene rings is 2. The molecule has 0 radical (unpaired) electrons. The van der Waals surface area contributed by atoms with Crippen LogP contribution in [0.15, 0.2) is 57.7 Å². The van der Waals surface area contributed by atoms with E-state index in [0.29, 0.717) is 31.4 Å². The minimum Gasteiger partial charge on any atom is -0.497 e. The average Bonchev–Trinajstić information content (AvgIpc) is 3.47. The van der Waals surface area contributed by atoms with Gasteiger partial charge in [-0.1, -0.05) is 17.3 Å². The van der Waals surface area contributed by atoms with Crippen molar-refractivity contribution in [3.8, 4) is 17.1 Å². The van der Waals surface area contributed by atoms with Crippen LogP contribution in [-0.4, -0.2) is 47.8 Å². The quantitative estimate of drug-likeness (QED) is 0.471. The molecule has 4 aromatic rings. The van der Waals surface area contributed by atoms with Crippen LogP contribution in [0.25, 0.3) is 22.4 Å². The number of fused-ring (bicyclic) bond motifs is 1. The summed E-state index contributed by atoms with van der Waals surface area (Å²) >= 11 is 0. The third-order valence-electron chi connectivity index (χ3n) is 5.64. The number of aryl methyl sites for hydroxylation is 1. The first kappa shape index (κ1) is 20.3. The number of carbonyl (C=O) groups excluding carboxylic acids is 1. The molecular formula is C24H23N3O5. The van der Waals surface area contributed by atoms with Crippen molar-refractivity contribution < 1.29 is 23.2 Å². The van der Waals surface area contributed by atoms with Crippen LogP contribution >= 0.6 is 0 Å². The van der Waals surface area contributed by atoms with Crippen molar-refractivity contribution in [3.63, 3.8) is 0 Å². The molecule has 0 unspecified atom stereocenters. The van der Waals surface area contributed by atoms with E-state index in [1.54, 1.807) is 18.3 Å². The zero-order chi connectivity index (χ0) is 22.1. The van der Waals surface area contributed by atoms with Gasteiger partial charge in [0.1, 0.15) is 11.3 Å². The summed E-state index contributed by atoms with van der Waals surface area (Å²) in [5.74, 6) is 1.59. The number of carbonyl (C=O) groups is 1. The van der Waals surface area contributed by atoms with Crippen LogP contribution < -0.4 is 4.74 Å². The number of ether oxygens (including phenoxy) is 2. The van der Waals surface area contributed by atoms with Crippen LogP contribution in [0.4, 0.5) is 0 Å². The molecule has 1 atom stereocenters. The van der Waals surface area contributed by atoms with Crippen molar-refractivity contribution in [2.24, 2.45) is 0 Å². The molecule has 1 aliphatic heterocycles. The number of aromatic nitrogens is 2. The molecule has 32 heavy (non-hydrogen) atoms. The van der Waals surface area contributed by atoms with Crippen LogP contribution in [0.1, 0.15) is 23.1 Å². The van der Waals surface area contributed by atoms with Crippen molar-refractivity contribution in [2.75, 3.05) is 26.8 Å². The van der Waals surface area contributed by atoms with Crippen molar-refractivity contribution in [2.45, 2.75) is 19.4 Å². The van der Waals surface area contributed by atoms with Gasteiger partial charge in [0.15, 0.2) is 6.10 Å². The minimum atomic E-state index is -0.462. The molecule has 0 saturated carbocycles. The predicted molar refractivity (Wildman–Crippen MR) is 116 cm³/mol. The van der Waals surface area contributed by atoms with Gasteiger partial charge in [0.25, 0.3) is 5.89 Å². The number of amides is 1. The number of rotatable bonds is 5. The van der Waals surface area contributed by atoms with Gasteiger partial charge < -0.3 is 23.3 Å². The van der Waals surface area contributed by atoms with E-state index in [0.717, 1.165) is 33.4 Å². The van der Waals surface area contributed by atoms with Crippen LogP contribution in [0.3, 0.4) is 0 Å². The highest BCUT2D eigenvalue weighted by Crippen LogP contribution is 2.27. The number of hydrogen-bond acceptors (Lipinski definition) is 7. The molecule has 1 amide bonds. The van der Waals surface area contributed by atoms with Gasteiger partial charge >= 0.3 is 0 Å². The normalized spacial score (nSPS) is 16.4. The topological polar surface area (TPSA) is 90.8 Å². The Bertz CT molecular complexity index is 1240. The molecule has 0 bridgehead atoms. The molecule has 2 aromatic carbocycles. The van der Waals surface area contributed by atoms with Gasteiger partial charge in [-0.3, -0.25) is 4.79 Å². The second kappa shape index (κ2) is 8.47. The van der Waals surface area contributed by atoms with Crippen molar-refractivity contribution in [3.05, 3.63) is 65.7 Å². The van der Waals surface area contributed by atoms with Gasteiger partial charge in [0.05, 0.1) is 32.9 Å². The average molecular weight is 433 g/mol. The predicted octanol–water partition coefficient (Wildman–Crippen LogP) is 3.94. The molecule has 1 fully saturated rings. The fourth-order valence-corrected chi connectivity index (χ4v) is 3.85. The summed E-state index contributed by atoms with van der Waals surface area (Å²) in [7, 11) is 1.62. The maximum atomic E-state index is 13.0. The Morgan fingerprint density at radius 1 is 1.22 bits per heavy atom. The van der Waals surface area contributed by atoms with E-state index in [1.165, 1.54) is 0 Å². The van der Waals surface area contributed by atoms with Gasteiger partial charge in [0, 0.05) is 23.1 Å². The second-order valence-corrected chi connectivity index (χ2v) is 7.82. The smallest absolute Gasteiger partial charge is 0.257 e. The van der Waals surface area contributed by atoms with E-state index < -0.39 is 6.10 Å². The number of hydrogen-bond donors (Lipinski definition) is 0. The highest BCUT2D eigenvalue weighted by molar-refractivity contribution is 5.88. The Labute approximate surface area is 184 Å². The molecule has 8 nitrogen and oxygen atoms in total. The van der Waals surface area contributed by atoms with E-state index in [9.17, 15) is 4.79 Å². The summed E-state index contributed by atoms with van der Waals surface area (Å²) in [6, 6.07) is 13.4. The SMILES string of the molecule is COc1ccc(-c2noc([C@H]3CN(C(=O)Cc4coc5cc(C)ccc45)CCO3)n2)cc1. The molecule has 5 rings (SSSR count). The van der Waals surface area contributed by atoms with Crippen molar-refractivity contribution in [1.29, 1.82) is 0 Å². The Balaban J connectivity index is 1.27. The summed E-state index contributed by atoms with van der Waals surface area (Å²) in [6.07, 6.45) is 1.47. The molecule has 0 aliphatic carbocycles. The van der Waals surface area contributed by atoms with Gasteiger partial charge in [-0.05, 0) is 42.8 Å². The molecule has 1 aliphatic rings. The molecule has 0 spiro atoms. The lowest BCUT2D eigenvalue weighted by molar-refractivity contribution is -0.139. The maximum absolute atomic E-state index is 13.0.